The molecule has 1 aromatic rings. The molecule has 0 aliphatic rings. The lowest BCUT2D eigenvalue weighted by Gasteiger charge is -2.13. The van der Waals surface area contributed by atoms with E-state index in [1.165, 1.54) is 7.11 Å². The Bertz CT molecular complexity index is 460. The van der Waals surface area contributed by atoms with Gasteiger partial charge in [0.15, 0.2) is 0 Å². The molecule has 0 aliphatic carbocycles. The van der Waals surface area contributed by atoms with Gasteiger partial charge in [0.1, 0.15) is 0 Å². The first-order chi connectivity index (χ1) is 7.95. The lowest BCUT2D eigenvalue weighted by Crippen LogP contribution is -2.34. The van der Waals surface area contributed by atoms with Crippen LogP contribution < -0.4 is 10.5 Å². The highest BCUT2D eigenvalue weighted by Gasteiger charge is 2.19. The minimum Gasteiger partial charge on any atom is -0.399 e. The molecular formula is C11H18N2O3S. The van der Waals surface area contributed by atoms with Crippen molar-refractivity contribution in [2.45, 2.75) is 18.7 Å². The molecule has 17 heavy (non-hydrogen) atoms. The van der Waals surface area contributed by atoms with E-state index in [0.29, 0.717) is 5.69 Å². The number of hydrogen-bond donors (Lipinski definition) is 2. The second-order valence-electron chi connectivity index (χ2n) is 3.88. The summed E-state index contributed by atoms with van der Waals surface area (Å²) < 4.78 is 30.9. The number of ether oxygens (including phenoxy) is 1. The predicted molar refractivity (Wildman–Crippen MR) is 68.0 cm³/mol. The van der Waals surface area contributed by atoms with Crippen LogP contribution in [0, 0.1) is 0 Å². The maximum absolute atomic E-state index is 11.8. The molecule has 0 radical (unpaired) electrons. The zero-order valence-corrected chi connectivity index (χ0v) is 10.8. The fraction of sp³-hybridized carbons (Fsp3) is 0.455. The first-order valence-electron chi connectivity index (χ1n) is 5.27. The molecule has 0 aliphatic heterocycles. The summed E-state index contributed by atoms with van der Waals surface area (Å²) in [6.07, 6.45) is 0. The molecule has 0 saturated heterocycles. The second kappa shape index (κ2) is 6.00. The van der Waals surface area contributed by atoms with Gasteiger partial charge < -0.3 is 10.5 Å². The topological polar surface area (TPSA) is 81.4 Å². The van der Waals surface area contributed by atoms with Crippen molar-refractivity contribution in [1.82, 2.24) is 4.72 Å². The summed E-state index contributed by atoms with van der Waals surface area (Å²) >= 11 is 0. The number of nitrogen functional groups attached to an aromatic ring is 1. The van der Waals surface area contributed by atoms with E-state index in [9.17, 15) is 8.42 Å². The number of benzene rings is 1. The van der Waals surface area contributed by atoms with E-state index < -0.39 is 15.3 Å². The van der Waals surface area contributed by atoms with Gasteiger partial charge in [-0.25, -0.2) is 13.1 Å². The third kappa shape index (κ3) is 4.33. The van der Waals surface area contributed by atoms with Gasteiger partial charge in [-0.3, -0.25) is 0 Å². The monoisotopic (exact) mass is 258 g/mol. The van der Waals surface area contributed by atoms with Crippen molar-refractivity contribution >= 4 is 15.7 Å². The zero-order chi connectivity index (χ0) is 12.9. The van der Waals surface area contributed by atoms with Crippen molar-refractivity contribution in [2.24, 2.45) is 0 Å². The van der Waals surface area contributed by atoms with E-state index in [4.69, 9.17) is 10.5 Å². The van der Waals surface area contributed by atoms with E-state index in [-0.39, 0.29) is 13.2 Å². The summed E-state index contributed by atoms with van der Waals surface area (Å²) in [6, 6.07) is 7.10. The van der Waals surface area contributed by atoms with E-state index in [1.54, 1.807) is 25.1 Å². The Kier molecular flexibility index (Phi) is 4.92. The van der Waals surface area contributed by atoms with Crippen LogP contribution in [0.2, 0.25) is 0 Å². The smallest absolute Gasteiger partial charge is 0.216 e. The summed E-state index contributed by atoms with van der Waals surface area (Å²) in [4.78, 5) is 0. The van der Waals surface area contributed by atoms with Gasteiger partial charge in [0.05, 0.1) is 11.9 Å². The number of hydrogen-bond acceptors (Lipinski definition) is 4. The molecule has 0 aromatic heterocycles. The van der Waals surface area contributed by atoms with Crippen molar-refractivity contribution < 1.29 is 13.2 Å². The SMILES string of the molecule is COC[C@H](C)S(=O)(=O)NCc1cccc(N)c1. The van der Waals surface area contributed by atoms with Gasteiger partial charge in [0, 0.05) is 19.3 Å². The Labute approximate surface area is 102 Å². The van der Waals surface area contributed by atoms with Crippen LogP contribution in [0.25, 0.3) is 0 Å². The average molecular weight is 258 g/mol. The second-order valence-corrected chi connectivity index (χ2v) is 6.06. The highest BCUT2D eigenvalue weighted by atomic mass is 32.2. The molecule has 3 N–H and O–H groups in total. The van der Waals surface area contributed by atoms with Crippen molar-refractivity contribution in [1.29, 1.82) is 0 Å². The van der Waals surface area contributed by atoms with Crippen LogP contribution in [-0.4, -0.2) is 27.4 Å². The molecule has 1 rings (SSSR count). The minimum absolute atomic E-state index is 0.173. The molecule has 5 nitrogen and oxygen atoms in total. The van der Waals surface area contributed by atoms with Gasteiger partial charge in [-0.15, -0.1) is 0 Å². The molecule has 0 unspecified atom stereocenters. The summed E-state index contributed by atoms with van der Waals surface area (Å²) in [5.41, 5.74) is 7.06. The van der Waals surface area contributed by atoms with Gasteiger partial charge in [-0.05, 0) is 24.6 Å². The molecule has 0 saturated carbocycles. The average Bonchev–Trinajstić information content (AvgIpc) is 2.27. The van der Waals surface area contributed by atoms with Crippen molar-refractivity contribution in [2.75, 3.05) is 19.5 Å². The Hall–Kier alpha value is -1.11. The van der Waals surface area contributed by atoms with Gasteiger partial charge in [0.25, 0.3) is 0 Å². The first kappa shape index (κ1) is 14.0. The molecule has 1 atom stereocenters. The molecule has 6 heteroatoms. The van der Waals surface area contributed by atoms with E-state index in [2.05, 4.69) is 4.72 Å². The molecule has 0 fully saturated rings. The van der Waals surface area contributed by atoms with Crippen LogP contribution in [0.3, 0.4) is 0 Å². The highest BCUT2D eigenvalue weighted by Crippen LogP contribution is 2.07. The molecule has 1 aromatic carbocycles. The molecule has 0 heterocycles. The molecule has 0 amide bonds. The normalized spacial score (nSPS) is 13.5. The summed E-state index contributed by atoms with van der Waals surface area (Å²) in [6.45, 7) is 2.01. The molecular weight excluding hydrogens is 240 g/mol. The molecule has 0 bridgehead atoms. The maximum Gasteiger partial charge on any atom is 0.216 e. The number of nitrogens with two attached hydrogens (primary N) is 1. The fourth-order valence-corrected chi connectivity index (χ4v) is 2.32. The van der Waals surface area contributed by atoms with E-state index in [1.807, 2.05) is 6.07 Å². The number of nitrogens with one attached hydrogen (secondary N) is 1. The van der Waals surface area contributed by atoms with Gasteiger partial charge in [-0.2, -0.15) is 0 Å². The summed E-state index contributed by atoms with van der Waals surface area (Å²) in [5, 5.41) is -0.575. The van der Waals surface area contributed by atoms with Gasteiger partial charge >= 0.3 is 0 Å². The Morgan fingerprint density at radius 2 is 2.18 bits per heavy atom. The van der Waals surface area contributed by atoms with Crippen LogP contribution in [0.5, 0.6) is 0 Å². The zero-order valence-electron chi connectivity index (χ0n) is 10.0. The quantitative estimate of drug-likeness (QED) is 0.737. The van der Waals surface area contributed by atoms with Crippen LogP contribution in [-0.2, 0) is 21.3 Å². The summed E-state index contributed by atoms with van der Waals surface area (Å²) in [5.74, 6) is 0. The van der Waals surface area contributed by atoms with Crippen molar-refractivity contribution in [3.05, 3.63) is 29.8 Å². The van der Waals surface area contributed by atoms with Crippen molar-refractivity contribution in [3.8, 4) is 0 Å². The predicted octanol–water partition coefficient (Wildman–Crippen LogP) is 0.723. The lowest BCUT2D eigenvalue weighted by molar-refractivity contribution is 0.200. The van der Waals surface area contributed by atoms with Crippen LogP contribution in [0.15, 0.2) is 24.3 Å². The Balaban J connectivity index is 2.61. The number of rotatable bonds is 6. The lowest BCUT2D eigenvalue weighted by atomic mass is 10.2. The number of sulfonamides is 1. The largest absolute Gasteiger partial charge is 0.399 e. The van der Waals surface area contributed by atoms with Gasteiger partial charge in [0.2, 0.25) is 10.0 Å². The Morgan fingerprint density at radius 1 is 1.47 bits per heavy atom. The van der Waals surface area contributed by atoms with Gasteiger partial charge in [-0.1, -0.05) is 12.1 Å². The van der Waals surface area contributed by atoms with Crippen LogP contribution >= 0.6 is 0 Å². The minimum atomic E-state index is -3.35. The number of methoxy groups -OCH3 is 1. The number of anilines is 1. The molecule has 96 valence electrons. The maximum atomic E-state index is 11.8. The third-order valence-corrected chi connectivity index (χ3v) is 4.10. The van der Waals surface area contributed by atoms with E-state index in [0.717, 1.165) is 5.56 Å². The summed E-state index contributed by atoms with van der Waals surface area (Å²) in [7, 11) is -1.87. The van der Waals surface area contributed by atoms with Crippen molar-refractivity contribution in [3.63, 3.8) is 0 Å². The third-order valence-electron chi connectivity index (χ3n) is 2.36. The first-order valence-corrected chi connectivity index (χ1v) is 6.82. The fourth-order valence-electron chi connectivity index (χ4n) is 1.35. The molecule has 0 spiro atoms. The highest BCUT2D eigenvalue weighted by molar-refractivity contribution is 7.90. The van der Waals surface area contributed by atoms with Crippen LogP contribution in [0.4, 0.5) is 5.69 Å². The Morgan fingerprint density at radius 3 is 2.76 bits per heavy atom. The standard InChI is InChI=1S/C11H18N2O3S/c1-9(8-16-2)17(14,15)13-7-10-4-3-5-11(12)6-10/h3-6,9,13H,7-8,12H2,1-2H3/t9-/m0/s1. The van der Waals surface area contributed by atoms with Crippen LogP contribution in [0.1, 0.15) is 12.5 Å². The van der Waals surface area contributed by atoms with E-state index >= 15 is 0 Å².